The average Bonchev–Trinajstić information content (AvgIpc) is 3.35. The molecule has 1 aliphatic heterocycles. The first-order valence-electron chi connectivity index (χ1n) is 10.4. The molecular formula is C27H15N3O2. The highest BCUT2D eigenvalue weighted by Gasteiger charge is 2.30. The van der Waals surface area contributed by atoms with E-state index in [-0.39, 0.29) is 11.3 Å². The van der Waals surface area contributed by atoms with Gasteiger partial charge in [0, 0.05) is 22.0 Å². The van der Waals surface area contributed by atoms with Crippen LogP contribution < -0.4 is 5.43 Å². The number of para-hydroxylation sites is 4. The summed E-state index contributed by atoms with van der Waals surface area (Å²) in [5.41, 5.74) is 5.52. The van der Waals surface area contributed by atoms with Crippen LogP contribution in [0.15, 0.2) is 95.8 Å². The molecule has 3 heterocycles. The molecule has 2 aromatic heterocycles. The summed E-state index contributed by atoms with van der Waals surface area (Å²) in [5.74, 6) is 0.590. The number of fused-ring (bicyclic) bond motifs is 7. The lowest BCUT2D eigenvalue weighted by atomic mass is 10.1. The lowest BCUT2D eigenvalue weighted by Crippen LogP contribution is -2.11. The molecule has 5 nitrogen and oxygen atoms in total. The minimum atomic E-state index is -0.0831. The molecule has 150 valence electrons. The maximum absolute atomic E-state index is 13.4. The van der Waals surface area contributed by atoms with Crippen LogP contribution in [-0.2, 0) is 0 Å². The number of imidazole rings is 1. The van der Waals surface area contributed by atoms with Crippen molar-refractivity contribution in [2.45, 2.75) is 0 Å². The molecule has 5 heteroatoms. The Hall–Kier alpha value is -4.51. The van der Waals surface area contributed by atoms with Gasteiger partial charge >= 0.3 is 0 Å². The highest BCUT2D eigenvalue weighted by Crippen LogP contribution is 2.36. The van der Waals surface area contributed by atoms with Gasteiger partial charge in [0.2, 0.25) is 0 Å². The van der Waals surface area contributed by atoms with Gasteiger partial charge in [0.1, 0.15) is 5.82 Å². The highest BCUT2D eigenvalue weighted by molar-refractivity contribution is 6.13. The summed E-state index contributed by atoms with van der Waals surface area (Å²) in [7, 11) is 0. The predicted octanol–water partition coefficient (Wildman–Crippen LogP) is 5.16. The number of aromatic nitrogens is 3. The van der Waals surface area contributed by atoms with Crippen molar-refractivity contribution in [2.24, 2.45) is 0 Å². The molecule has 32 heavy (non-hydrogen) atoms. The molecule has 4 aromatic carbocycles. The molecule has 1 aliphatic rings. The van der Waals surface area contributed by atoms with Crippen LogP contribution in [0.5, 0.6) is 0 Å². The van der Waals surface area contributed by atoms with Crippen LogP contribution in [-0.4, -0.2) is 20.0 Å². The van der Waals surface area contributed by atoms with E-state index in [0.29, 0.717) is 22.2 Å². The molecule has 0 saturated heterocycles. The van der Waals surface area contributed by atoms with Crippen LogP contribution in [0.25, 0.3) is 49.9 Å². The average molecular weight is 413 g/mol. The number of benzene rings is 4. The van der Waals surface area contributed by atoms with E-state index in [1.54, 1.807) is 4.57 Å². The molecule has 0 aliphatic carbocycles. The molecule has 6 aromatic rings. The van der Waals surface area contributed by atoms with Gasteiger partial charge < -0.3 is 4.57 Å². The maximum atomic E-state index is 13.4. The molecule has 0 saturated carbocycles. The first-order valence-corrected chi connectivity index (χ1v) is 10.4. The Morgan fingerprint density at radius 1 is 0.594 bits per heavy atom. The van der Waals surface area contributed by atoms with E-state index in [2.05, 4.69) is 4.57 Å². The van der Waals surface area contributed by atoms with Gasteiger partial charge in [-0.2, -0.15) is 0 Å². The van der Waals surface area contributed by atoms with Crippen LogP contribution >= 0.6 is 0 Å². The van der Waals surface area contributed by atoms with Crippen molar-refractivity contribution in [3.8, 4) is 17.1 Å². The van der Waals surface area contributed by atoms with Gasteiger partial charge in [0.25, 0.3) is 5.91 Å². The molecule has 0 fully saturated rings. The molecular weight excluding hydrogens is 398 g/mol. The van der Waals surface area contributed by atoms with Gasteiger partial charge in [-0.25, -0.2) is 4.98 Å². The first-order chi connectivity index (χ1) is 15.7. The number of carbonyl (C=O) groups excluding carboxylic acids is 1. The minimum Gasteiger partial charge on any atom is -0.309 e. The van der Waals surface area contributed by atoms with Crippen molar-refractivity contribution < 1.29 is 4.79 Å². The second kappa shape index (κ2) is 6.02. The van der Waals surface area contributed by atoms with Crippen LogP contribution in [0, 0.1) is 0 Å². The summed E-state index contributed by atoms with van der Waals surface area (Å²) in [5, 5.41) is 1.30. The van der Waals surface area contributed by atoms with Gasteiger partial charge in [-0.05, 0) is 54.6 Å². The number of pyridine rings is 1. The Labute approximate surface area is 181 Å². The Balaban J connectivity index is 1.54. The van der Waals surface area contributed by atoms with Gasteiger partial charge in [0.15, 0.2) is 5.43 Å². The van der Waals surface area contributed by atoms with Crippen LogP contribution in [0.2, 0.25) is 0 Å². The lowest BCUT2D eigenvalue weighted by Gasteiger charge is -2.16. The monoisotopic (exact) mass is 413 g/mol. The molecule has 0 unspecified atom stereocenters. The number of hydrogen-bond donors (Lipinski definition) is 0. The SMILES string of the molecule is O=C1c2cc(-n3c4ccccc4c(=O)c4ccccc43)ccc2-c2nc3ccccc3n21. The van der Waals surface area contributed by atoms with Crippen LogP contribution in [0.4, 0.5) is 0 Å². The van der Waals surface area contributed by atoms with E-state index < -0.39 is 0 Å². The fourth-order valence-electron chi connectivity index (χ4n) is 4.85. The van der Waals surface area contributed by atoms with Gasteiger partial charge in [-0.1, -0.05) is 36.4 Å². The van der Waals surface area contributed by atoms with E-state index in [9.17, 15) is 9.59 Å². The minimum absolute atomic E-state index is 0.0105. The zero-order valence-corrected chi connectivity index (χ0v) is 16.8. The third kappa shape index (κ3) is 2.09. The van der Waals surface area contributed by atoms with Crippen molar-refractivity contribution in [2.75, 3.05) is 0 Å². The van der Waals surface area contributed by atoms with E-state index in [1.165, 1.54) is 0 Å². The Morgan fingerprint density at radius 2 is 1.22 bits per heavy atom. The van der Waals surface area contributed by atoms with E-state index >= 15 is 0 Å². The molecule has 0 spiro atoms. The summed E-state index contributed by atoms with van der Waals surface area (Å²) in [6.07, 6.45) is 0. The largest absolute Gasteiger partial charge is 0.309 e. The normalized spacial score (nSPS) is 12.6. The van der Waals surface area contributed by atoms with Crippen molar-refractivity contribution in [1.29, 1.82) is 0 Å². The summed E-state index contributed by atoms with van der Waals surface area (Å²) in [6.45, 7) is 0. The Morgan fingerprint density at radius 3 is 1.94 bits per heavy atom. The van der Waals surface area contributed by atoms with E-state index in [1.807, 2.05) is 91.0 Å². The summed E-state index contributed by atoms with van der Waals surface area (Å²) < 4.78 is 3.74. The fourth-order valence-corrected chi connectivity index (χ4v) is 4.85. The predicted molar refractivity (Wildman–Crippen MR) is 126 cm³/mol. The third-order valence-corrected chi connectivity index (χ3v) is 6.28. The zero-order valence-electron chi connectivity index (χ0n) is 16.8. The second-order valence-electron chi connectivity index (χ2n) is 7.99. The van der Waals surface area contributed by atoms with Gasteiger partial charge in [-0.3, -0.25) is 14.2 Å². The molecule has 0 amide bonds. The standard InChI is InChI=1S/C27H15N3O2/c31-25-18-7-1-4-10-22(18)29(23-11-5-2-8-19(23)25)16-13-14-17-20(15-16)27(32)30-24-12-6-3-9-21(24)28-26(17)30/h1-15H. The fraction of sp³-hybridized carbons (Fsp3) is 0. The van der Waals surface area contributed by atoms with E-state index in [4.69, 9.17) is 4.98 Å². The van der Waals surface area contributed by atoms with Crippen LogP contribution in [0.1, 0.15) is 10.4 Å². The zero-order chi connectivity index (χ0) is 21.4. The van der Waals surface area contributed by atoms with E-state index in [0.717, 1.165) is 33.3 Å². The van der Waals surface area contributed by atoms with Crippen LogP contribution in [0.3, 0.4) is 0 Å². The topological polar surface area (TPSA) is 56.9 Å². The number of rotatable bonds is 1. The van der Waals surface area contributed by atoms with Crippen molar-refractivity contribution >= 4 is 38.7 Å². The highest BCUT2D eigenvalue weighted by atomic mass is 16.2. The van der Waals surface area contributed by atoms with Crippen molar-refractivity contribution in [3.05, 3.63) is 107 Å². The maximum Gasteiger partial charge on any atom is 0.264 e. The molecule has 0 N–H and O–H groups in total. The summed E-state index contributed by atoms with van der Waals surface area (Å²) in [6, 6.07) is 28.7. The van der Waals surface area contributed by atoms with Gasteiger partial charge in [-0.15, -0.1) is 0 Å². The number of carbonyl (C=O) groups is 1. The number of hydrogen-bond acceptors (Lipinski definition) is 3. The Kier molecular flexibility index (Phi) is 3.23. The van der Waals surface area contributed by atoms with Crippen molar-refractivity contribution in [3.63, 3.8) is 0 Å². The lowest BCUT2D eigenvalue weighted by molar-refractivity contribution is 0.0973. The molecule has 0 atom stereocenters. The molecule has 0 bridgehead atoms. The third-order valence-electron chi connectivity index (χ3n) is 6.28. The summed E-state index contributed by atoms with van der Waals surface area (Å²) >= 11 is 0. The smallest absolute Gasteiger partial charge is 0.264 e. The first kappa shape index (κ1) is 17.2. The Bertz CT molecular complexity index is 1760. The number of nitrogens with zero attached hydrogens (tertiary/aromatic N) is 3. The quantitative estimate of drug-likeness (QED) is 0.349. The molecule has 7 rings (SSSR count). The summed E-state index contributed by atoms with van der Waals surface area (Å²) in [4.78, 5) is 31.2. The second-order valence-corrected chi connectivity index (χ2v) is 7.99. The molecule has 0 radical (unpaired) electrons. The van der Waals surface area contributed by atoms with Gasteiger partial charge in [0.05, 0.1) is 27.6 Å². The van der Waals surface area contributed by atoms with Crippen molar-refractivity contribution in [1.82, 2.24) is 14.1 Å².